The Morgan fingerprint density at radius 2 is 1.82 bits per heavy atom. The Kier molecular flexibility index (Phi) is 5.36. The van der Waals surface area contributed by atoms with Crippen LogP contribution in [0.3, 0.4) is 0 Å². The summed E-state index contributed by atoms with van der Waals surface area (Å²) in [7, 11) is 0. The topological polar surface area (TPSA) is 75.2 Å². The van der Waals surface area contributed by atoms with Crippen LogP contribution in [0.2, 0.25) is 5.02 Å². The van der Waals surface area contributed by atoms with Gasteiger partial charge in [0.15, 0.2) is 0 Å². The van der Waals surface area contributed by atoms with Crippen molar-refractivity contribution in [1.82, 2.24) is 14.9 Å². The van der Waals surface area contributed by atoms with Gasteiger partial charge in [0.1, 0.15) is 18.0 Å². The van der Waals surface area contributed by atoms with Gasteiger partial charge in [0.2, 0.25) is 5.91 Å². The first-order valence-corrected chi connectivity index (χ1v) is 12.6. The molecular weight excluding hydrogens is 455 g/mol. The zero-order valence-electron chi connectivity index (χ0n) is 19.0. The summed E-state index contributed by atoms with van der Waals surface area (Å²) in [5.41, 5.74) is 1.88. The summed E-state index contributed by atoms with van der Waals surface area (Å²) in [4.78, 5) is 36.4. The average molecular weight is 483 g/mol. The SMILES string of the molecule is O=C(CC12CC3CC(CC(C3)C1)C2)Nc1ncnc2c1CCN(C(=O)c1cc(F)ccc1Cl)C2. The third-order valence-electron chi connectivity index (χ3n) is 8.41. The number of hydrogen-bond acceptors (Lipinski definition) is 4. The highest BCUT2D eigenvalue weighted by atomic mass is 35.5. The summed E-state index contributed by atoms with van der Waals surface area (Å²) in [6.45, 7) is 0.686. The maximum absolute atomic E-state index is 13.7. The fraction of sp³-hybridized carbons (Fsp3) is 0.538. The van der Waals surface area contributed by atoms with Crippen molar-refractivity contribution in [2.75, 3.05) is 11.9 Å². The molecule has 0 unspecified atom stereocenters. The Morgan fingerprint density at radius 3 is 2.53 bits per heavy atom. The van der Waals surface area contributed by atoms with Gasteiger partial charge in [-0.3, -0.25) is 9.59 Å². The fourth-order valence-electron chi connectivity index (χ4n) is 7.49. The monoisotopic (exact) mass is 482 g/mol. The van der Waals surface area contributed by atoms with Gasteiger partial charge >= 0.3 is 0 Å². The van der Waals surface area contributed by atoms with E-state index in [1.54, 1.807) is 4.90 Å². The molecule has 0 spiro atoms. The molecule has 4 fully saturated rings. The zero-order chi connectivity index (χ0) is 23.4. The highest BCUT2D eigenvalue weighted by molar-refractivity contribution is 6.33. The van der Waals surface area contributed by atoms with Gasteiger partial charge in [0.05, 0.1) is 22.8 Å². The zero-order valence-corrected chi connectivity index (χ0v) is 19.8. The lowest BCUT2D eigenvalue weighted by molar-refractivity contribution is -0.124. The van der Waals surface area contributed by atoms with Crippen LogP contribution in [0, 0.1) is 29.0 Å². The Balaban J connectivity index is 1.16. The maximum atomic E-state index is 13.7. The van der Waals surface area contributed by atoms with E-state index in [2.05, 4.69) is 15.3 Å². The van der Waals surface area contributed by atoms with Crippen LogP contribution >= 0.6 is 11.6 Å². The third kappa shape index (κ3) is 3.98. The maximum Gasteiger partial charge on any atom is 0.255 e. The van der Waals surface area contributed by atoms with E-state index in [9.17, 15) is 14.0 Å². The molecule has 2 amide bonds. The second-order valence-electron chi connectivity index (χ2n) is 10.9. The molecule has 0 radical (unpaired) electrons. The molecule has 1 aromatic heterocycles. The van der Waals surface area contributed by atoms with E-state index in [0.717, 1.165) is 29.4 Å². The van der Waals surface area contributed by atoms with Crippen LogP contribution in [0.5, 0.6) is 0 Å². The minimum atomic E-state index is -0.503. The number of nitrogens with zero attached hydrogens (tertiary/aromatic N) is 3. The highest BCUT2D eigenvalue weighted by Gasteiger charge is 2.51. The predicted molar refractivity (Wildman–Crippen MR) is 126 cm³/mol. The van der Waals surface area contributed by atoms with Gasteiger partial charge in [-0.05, 0) is 86.3 Å². The van der Waals surface area contributed by atoms with Gasteiger partial charge in [-0.25, -0.2) is 14.4 Å². The first kappa shape index (κ1) is 22.0. The molecule has 1 aromatic carbocycles. The fourth-order valence-corrected chi connectivity index (χ4v) is 7.69. The van der Waals surface area contributed by atoms with Crippen molar-refractivity contribution < 1.29 is 14.0 Å². The number of amides is 2. The van der Waals surface area contributed by atoms with Gasteiger partial charge in [0, 0.05) is 18.5 Å². The van der Waals surface area contributed by atoms with Crippen LogP contribution in [-0.2, 0) is 17.8 Å². The van der Waals surface area contributed by atoms with Crippen LogP contribution in [0.1, 0.15) is 66.6 Å². The number of benzene rings is 1. The lowest BCUT2D eigenvalue weighted by atomic mass is 9.49. The number of rotatable bonds is 4. The van der Waals surface area contributed by atoms with Gasteiger partial charge in [0.25, 0.3) is 5.91 Å². The third-order valence-corrected chi connectivity index (χ3v) is 8.74. The van der Waals surface area contributed by atoms with Crippen molar-refractivity contribution in [3.8, 4) is 0 Å². The smallest absolute Gasteiger partial charge is 0.255 e. The van der Waals surface area contributed by atoms with Crippen molar-refractivity contribution in [3.05, 3.63) is 52.2 Å². The van der Waals surface area contributed by atoms with Crippen molar-refractivity contribution in [2.45, 2.75) is 57.9 Å². The predicted octanol–water partition coefficient (Wildman–Crippen LogP) is 5.01. The summed E-state index contributed by atoms with van der Waals surface area (Å²) < 4.78 is 13.7. The molecule has 8 heteroatoms. The summed E-state index contributed by atoms with van der Waals surface area (Å²) in [5, 5.41) is 3.29. The number of aromatic nitrogens is 2. The minimum absolute atomic E-state index is 0.0351. The van der Waals surface area contributed by atoms with Gasteiger partial charge < -0.3 is 10.2 Å². The Morgan fingerprint density at radius 1 is 1.12 bits per heavy atom. The van der Waals surface area contributed by atoms with Crippen molar-refractivity contribution >= 4 is 29.2 Å². The Bertz CT molecular complexity index is 1130. The molecule has 4 saturated carbocycles. The van der Waals surface area contributed by atoms with Crippen LogP contribution < -0.4 is 5.32 Å². The number of nitrogens with one attached hydrogen (secondary N) is 1. The quantitative estimate of drug-likeness (QED) is 0.664. The molecular formula is C26H28ClFN4O2. The number of carbonyl (C=O) groups excluding carboxylic acids is 2. The number of carbonyl (C=O) groups is 2. The van der Waals surface area contributed by atoms with Crippen LogP contribution in [0.25, 0.3) is 0 Å². The van der Waals surface area contributed by atoms with E-state index in [0.29, 0.717) is 30.9 Å². The standard InChI is InChI=1S/C26H28ClFN4O2/c27-21-2-1-18(28)8-20(21)25(34)32-4-3-19-22(13-32)29-14-30-24(19)31-23(33)12-26-9-15-5-16(10-26)7-17(6-15)11-26/h1-2,8,14-17H,3-7,9-13H2,(H,29,30,31,33). The molecule has 178 valence electrons. The van der Waals surface area contributed by atoms with E-state index >= 15 is 0 Å². The van der Waals surface area contributed by atoms with Crippen molar-refractivity contribution in [1.29, 1.82) is 0 Å². The molecule has 4 bridgehead atoms. The molecule has 2 heterocycles. The lowest BCUT2D eigenvalue weighted by Crippen LogP contribution is -2.47. The summed E-state index contributed by atoms with van der Waals surface area (Å²) in [6, 6.07) is 3.79. The molecule has 1 N–H and O–H groups in total. The van der Waals surface area contributed by atoms with Crippen molar-refractivity contribution in [2.24, 2.45) is 23.2 Å². The van der Waals surface area contributed by atoms with Crippen LogP contribution in [-0.4, -0.2) is 33.2 Å². The average Bonchev–Trinajstić information content (AvgIpc) is 2.78. The molecule has 0 saturated heterocycles. The van der Waals surface area contributed by atoms with Crippen LogP contribution in [0.15, 0.2) is 24.5 Å². The van der Waals surface area contributed by atoms with E-state index < -0.39 is 5.82 Å². The molecule has 2 aromatic rings. The second-order valence-corrected chi connectivity index (χ2v) is 11.3. The Hall–Kier alpha value is -2.54. The van der Waals surface area contributed by atoms with Gasteiger partial charge in [-0.1, -0.05) is 11.6 Å². The number of hydrogen-bond donors (Lipinski definition) is 1. The number of anilines is 1. The largest absolute Gasteiger partial charge is 0.332 e. The Labute approximate surface area is 203 Å². The normalized spacial score (nSPS) is 29.1. The van der Waals surface area contributed by atoms with Crippen molar-refractivity contribution in [3.63, 3.8) is 0 Å². The highest BCUT2D eigenvalue weighted by Crippen LogP contribution is 2.61. The molecule has 0 atom stereocenters. The second kappa shape index (κ2) is 8.29. The van der Waals surface area contributed by atoms with E-state index in [-0.39, 0.29) is 34.4 Å². The summed E-state index contributed by atoms with van der Waals surface area (Å²) >= 11 is 6.13. The van der Waals surface area contributed by atoms with Gasteiger partial charge in [-0.2, -0.15) is 0 Å². The molecule has 4 aliphatic carbocycles. The van der Waals surface area contributed by atoms with Crippen LogP contribution in [0.4, 0.5) is 10.2 Å². The molecule has 1 aliphatic heterocycles. The molecule has 34 heavy (non-hydrogen) atoms. The van der Waals surface area contributed by atoms with E-state index in [1.807, 2.05) is 0 Å². The number of halogens is 2. The summed E-state index contributed by atoms with van der Waals surface area (Å²) in [6.07, 6.45) is 10.2. The first-order chi connectivity index (χ1) is 16.4. The molecule has 7 rings (SSSR count). The summed E-state index contributed by atoms with van der Waals surface area (Å²) in [5.74, 6) is 2.17. The first-order valence-electron chi connectivity index (χ1n) is 12.2. The molecule has 5 aliphatic rings. The van der Waals surface area contributed by atoms with E-state index in [1.165, 1.54) is 57.0 Å². The minimum Gasteiger partial charge on any atom is -0.332 e. The number of fused-ring (bicyclic) bond motifs is 1. The lowest BCUT2D eigenvalue weighted by Gasteiger charge is -2.56. The van der Waals surface area contributed by atoms with Gasteiger partial charge in [-0.15, -0.1) is 0 Å². The molecule has 6 nitrogen and oxygen atoms in total. The van der Waals surface area contributed by atoms with E-state index in [4.69, 9.17) is 11.6 Å².